The van der Waals surface area contributed by atoms with Gasteiger partial charge < -0.3 is 10.4 Å². The minimum absolute atomic E-state index is 0. The van der Waals surface area contributed by atoms with Crippen LogP contribution in [0.5, 0.6) is 0 Å². The van der Waals surface area contributed by atoms with Gasteiger partial charge in [0, 0.05) is 26.2 Å². The number of aliphatic hydroxyl groups excluding tert-OH is 1. The minimum Gasteiger partial charge on any atom is -0.394 e. The minimum atomic E-state index is -4.89. The van der Waals surface area contributed by atoms with Gasteiger partial charge in [-0.1, -0.05) is 0 Å². The Morgan fingerprint density at radius 1 is 0.958 bits per heavy atom. The summed E-state index contributed by atoms with van der Waals surface area (Å²) in [6, 6.07) is 0.548. The third-order valence-corrected chi connectivity index (χ3v) is 3.76. The van der Waals surface area contributed by atoms with Crippen molar-refractivity contribution in [3.8, 4) is 0 Å². The first-order valence-electron chi connectivity index (χ1n) is 6.98. The van der Waals surface area contributed by atoms with Gasteiger partial charge in [-0.05, 0) is 23.8 Å². The van der Waals surface area contributed by atoms with E-state index in [4.69, 9.17) is 0 Å². The van der Waals surface area contributed by atoms with Crippen molar-refractivity contribution in [2.45, 2.75) is 18.4 Å². The lowest BCUT2D eigenvalue weighted by molar-refractivity contribution is -0.143. The van der Waals surface area contributed by atoms with E-state index in [0.717, 1.165) is 0 Å². The zero-order valence-corrected chi connectivity index (χ0v) is 13.2. The normalized spacial score (nSPS) is 18.1. The number of benzene rings is 1. The zero-order valence-electron chi connectivity index (χ0n) is 12.4. The highest BCUT2D eigenvalue weighted by atomic mass is 35.5. The largest absolute Gasteiger partial charge is 0.416 e. The topological polar surface area (TPSA) is 35.5 Å². The molecule has 10 heteroatoms. The maximum absolute atomic E-state index is 12.9. The average Bonchev–Trinajstić information content (AvgIpc) is 2.47. The third-order valence-electron chi connectivity index (χ3n) is 3.76. The van der Waals surface area contributed by atoms with Crippen molar-refractivity contribution in [2.24, 2.45) is 0 Å². The molecule has 1 aliphatic heterocycles. The second kappa shape index (κ2) is 7.90. The molecule has 138 valence electrons. The van der Waals surface area contributed by atoms with E-state index in [1.165, 1.54) is 0 Å². The van der Waals surface area contributed by atoms with Gasteiger partial charge in [-0.15, -0.1) is 12.4 Å². The molecule has 0 unspecified atom stereocenters. The summed E-state index contributed by atoms with van der Waals surface area (Å²) in [5, 5.41) is 12.5. The van der Waals surface area contributed by atoms with E-state index in [0.29, 0.717) is 38.3 Å². The summed E-state index contributed by atoms with van der Waals surface area (Å²) in [6.45, 7) is 1.42. The summed E-state index contributed by atoms with van der Waals surface area (Å²) < 4.78 is 77.4. The van der Waals surface area contributed by atoms with E-state index >= 15 is 0 Å². The zero-order chi connectivity index (χ0) is 17.3. The van der Waals surface area contributed by atoms with E-state index in [1.807, 2.05) is 0 Å². The SMILES string of the molecule is Cl.OC[C@H](c1cc(C(F)(F)F)cc(C(F)(F)F)c1)N1CCNCC1. The van der Waals surface area contributed by atoms with Crippen molar-refractivity contribution in [2.75, 3.05) is 32.8 Å². The number of halogens is 7. The fraction of sp³-hybridized carbons (Fsp3) is 0.571. The van der Waals surface area contributed by atoms with Gasteiger partial charge >= 0.3 is 12.4 Å². The molecule has 0 amide bonds. The van der Waals surface area contributed by atoms with Crippen molar-refractivity contribution < 1.29 is 31.4 Å². The standard InChI is InChI=1S/C14H16F6N2O.ClH/c15-13(16,17)10-5-9(6-11(7-10)14(18,19)20)12(8-23)22-3-1-21-2-4-22;/h5-7,12,21,23H,1-4,8H2;1H/t12-;/m1./s1. The van der Waals surface area contributed by atoms with Crippen LogP contribution in [0.4, 0.5) is 26.3 Å². The van der Waals surface area contributed by atoms with Crippen LogP contribution in [0.3, 0.4) is 0 Å². The summed E-state index contributed by atoms with van der Waals surface area (Å²) in [6.07, 6.45) is -9.78. The van der Waals surface area contributed by atoms with Gasteiger partial charge in [0.25, 0.3) is 0 Å². The summed E-state index contributed by atoms with van der Waals surface area (Å²) >= 11 is 0. The molecule has 2 N–H and O–H groups in total. The van der Waals surface area contributed by atoms with Gasteiger partial charge in [0.1, 0.15) is 0 Å². The summed E-state index contributed by atoms with van der Waals surface area (Å²) in [4.78, 5) is 1.67. The van der Waals surface area contributed by atoms with Gasteiger partial charge in [-0.2, -0.15) is 26.3 Å². The second-order valence-corrected chi connectivity index (χ2v) is 5.32. The van der Waals surface area contributed by atoms with E-state index < -0.39 is 36.1 Å². The van der Waals surface area contributed by atoms with Crippen LogP contribution >= 0.6 is 12.4 Å². The van der Waals surface area contributed by atoms with Crippen LogP contribution in [0.1, 0.15) is 22.7 Å². The molecule has 1 fully saturated rings. The van der Waals surface area contributed by atoms with Crippen LogP contribution in [-0.4, -0.2) is 42.8 Å². The first kappa shape index (κ1) is 21.0. The Kier molecular flexibility index (Phi) is 6.92. The van der Waals surface area contributed by atoms with Crippen molar-refractivity contribution >= 4 is 12.4 Å². The number of hydrogen-bond acceptors (Lipinski definition) is 3. The number of nitrogens with zero attached hydrogens (tertiary/aromatic N) is 1. The molecule has 0 saturated carbocycles. The Morgan fingerprint density at radius 3 is 1.79 bits per heavy atom. The maximum Gasteiger partial charge on any atom is 0.416 e. The maximum atomic E-state index is 12.9. The molecule has 1 aromatic carbocycles. The average molecular weight is 379 g/mol. The quantitative estimate of drug-likeness (QED) is 0.793. The van der Waals surface area contributed by atoms with Gasteiger partial charge in [-0.3, -0.25) is 4.90 Å². The van der Waals surface area contributed by atoms with Gasteiger partial charge in [0.05, 0.1) is 23.8 Å². The molecule has 2 rings (SSSR count). The monoisotopic (exact) mass is 378 g/mol. The number of aliphatic hydroxyl groups is 1. The predicted molar refractivity (Wildman–Crippen MR) is 78.0 cm³/mol. The Hall–Kier alpha value is -1.03. The first-order valence-corrected chi connectivity index (χ1v) is 6.98. The Labute approximate surface area is 141 Å². The van der Waals surface area contributed by atoms with E-state index in [1.54, 1.807) is 4.90 Å². The van der Waals surface area contributed by atoms with Gasteiger partial charge in [0.2, 0.25) is 0 Å². The lowest BCUT2D eigenvalue weighted by Gasteiger charge is -2.34. The smallest absolute Gasteiger partial charge is 0.394 e. The van der Waals surface area contributed by atoms with Crippen LogP contribution in [0.15, 0.2) is 18.2 Å². The second-order valence-electron chi connectivity index (χ2n) is 5.32. The Morgan fingerprint density at radius 2 is 1.42 bits per heavy atom. The molecular weight excluding hydrogens is 362 g/mol. The summed E-state index contributed by atoms with van der Waals surface area (Å²) in [7, 11) is 0. The molecule has 3 nitrogen and oxygen atoms in total. The van der Waals surface area contributed by atoms with Crippen molar-refractivity contribution in [3.63, 3.8) is 0 Å². The molecule has 1 saturated heterocycles. The van der Waals surface area contributed by atoms with E-state index in [2.05, 4.69) is 5.32 Å². The lowest BCUT2D eigenvalue weighted by atomic mass is 9.98. The van der Waals surface area contributed by atoms with Crippen LogP contribution in [0.2, 0.25) is 0 Å². The van der Waals surface area contributed by atoms with Gasteiger partial charge in [0.15, 0.2) is 0 Å². The molecule has 0 aliphatic carbocycles. The third kappa shape index (κ3) is 4.98. The number of piperazine rings is 1. The van der Waals surface area contributed by atoms with Crippen molar-refractivity contribution in [3.05, 3.63) is 34.9 Å². The predicted octanol–water partition coefficient (Wildman–Crippen LogP) is 3.08. The molecule has 1 heterocycles. The molecular formula is C14H17ClF6N2O. The molecule has 0 aromatic heterocycles. The Balaban J connectivity index is 0.00000288. The molecule has 0 bridgehead atoms. The van der Waals surface area contributed by atoms with Crippen LogP contribution in [-0.2, 0) is 12.4 Å². The number of hydrogen-bond donors (Lipinski definition) is 2. The van der Waals surface area contributed by atoms with Gasteiger partial charge in [-0.25, -0.2) is 0 Å². The summed E-state index contributed by atoms with van der Waals surface area (Å²) in [5.74, 6) is 0. The number of rotatable bonds is 3. The summed E-state index contributed by atoms with van der Waals surface area (Å²) in [5.41, 5.74) is -2.91. The molecule has 24 heavy (non-hydrogen) atoms. The number of nitrogens with one attached hydrogen (secondary N) is 1. The Bertz CT molecular complexity index is 511. The highest BCUT2D eigenvalue weighted by Crippen LogP contribution is 2.38. The molecule has 1 atom stereocenters. The molecule has 0 radical (unpaired) electrons. The fourth-order valence-corrected chi connectivity index (χ4v) is 2.60. The highest BCUT2D eigenvalue weighted by Gasteiger charge is 2.38. The van der Waals surface area contributed by atoms with E-state index in [-0.39, 0.29) is 24.0 Å². The highest BCUT2D eigenvalue weighted by molar-refractivity contribution is 5.85. The van der Waals surface area contributed by atoms with Crippen LogP contribution < -0.4 is 5.32 Å². The van der Waals surface area contributed by atoms with Crippen LogP contribution in [0.25, 0.3) is 0 Å². The number of alkyl halides is 6. The lowest BCUT2D eigenvalue weighted by Crippen LogP contribution is -2.46. The first-order chi connectivity index (χ1) is 10.6. The molecule has 1 aliphatic rings. The molecule has 0 spiro atoms. The van der Waals surface area contributed by atoms with Crippen LogP contribution in [0, 0.1) is 0 Å². The molecule has 1 aromatic rings. The van der Waals surface area contributed by atoms with Crippen molar-refractivity contribution in [1.82, 2.24) is 10.2 Å². The van der Waals surface area contributed by atoms with E-state index in [9.17, 15) is 31.4 Å². The van der Waals surface area contributed by atoms with Crippen molar-refractivity contribution in [1.29, 1.82) is 0 Å². The fourth-order valence-electron chi connectivity index (χ4n) is 2.60.